The second-order valence-electron chi connectivity index (χ2n) is 10.6. The summed E-state index contributed by atoms with van der Waals surface area (Å²) >= 11 is 2.58. The van der Waals surface area contributed by atoms with Crippen LogP contribution in [0.2, 0.25) is 0 Å². The molecule has 4 N–H and O–H groups in total. The molecule has 3 amide bonds. The Bertz CT molecular complexity index is 1320. The van der Waals surface area contributed by atoms with Gasteiger partial charge in [0.25, 0.3) is 11.8 Å². The van der Waals surface area contributed by atoms with Gasteiger partial charge in [0.05, 0.1) is 10.6 Å². The van der Waals surface area contributed by atoms with Crippen molar-refractivity contribution in [2.45, 2.75) is 55.5 Å². The van der Waals surface area contributed by atoms with Crippen molar-refractivity contribution in [3.05, 3.63) is 39.7 Å². The van der Waals surface area contributed by atoms with E-state index in [9.17, 15) is 24.3 Å². The van der Waals surface area contributed by atoms with Gasteiger partial charge < -0.3 is 25.8 Å². The first-order valence-corrected chi connectivity index (χ1v) is 15.1. The number of hydrogen-bond donors (Lipinski definition) is 3. The predicted octanol–water partition coefficient (Wildman–Crippen LogP) is 2.82. The lowest BCUT2D eigenvalue weighted by molar-refractivity contribution is -0.154. The molecule has 2 saturated heterocycles. The molecular weight excluding hydrogens is 540 g/mol. The van der Waals surface area contributed by atoms with Gasteiger partial charge in [-0.1, -0.05) is 12.1 Å². The third-order valence-electron chi connectivity index (χ3n) is 7.85. The Hall–Kier alpha value is -2.96. The molecule has 4 fully saturated rings. The highest BCUT2D eigenvalue weighted by Crippen LogP contribution is 2.59. The first-order valence-electron chi connectivity index (χ1n) is 13.3. The molecule has 10 nitrogen and oxygen atoms in total. The van der Waals surface area contributed by atoms with Gasteiger partial charge in [-0.15, -0.1) is 23.1 Å². The fourth-order valence-corrected chi connectivity index (χ4v) is 8.67. The number of nitrogens with one attached hydrogen (secondary N) is 1. The van der Waals surface area contributed by atoms with Crippen molar-refractivity contribution in [1.82, 2.24) is 15.2 Å². The van der Waals surface area contributed by atoms with Crippen LogP contribution in [0.4, 0.5) is 0 Å². The maximum Gasteiger partial charge on any atom is 0.327 e. The number of benzene rings is 1. The Kier molecular flexibility index (Phi) is 6.88. The van der Waals surface area contributed by atoms with Gasteiger partial charge in [-0.05, 0) is 50.7 Å². The van der Waals surface area contributed by atoms with Crippen LogP contribution in [0.5, 0.6) is 0 Å². The zero-order valence-corrected chi connectivity index (χ0v) is 22.9. The summed E-state index contributed by atoms with van der Waals surface area (Å²) in [6.07, 6.45) is 4.72. The number of ether oxygens (including phenoxy) is 1. The second-order valence-corrected chi connectivity index (χ2v) is 12.9. The quantitative estimate of drug-likeness (QED) is 0.438. The van der Waals surface area contributed by atoms with Crippen molar-refractivity contribution in [2.75, 3.05) is 19.0 Å². The van der Waals surface area contributed by atoms with Crippen LogP contribution in [0.3, 0.4) is 0 Å². The molecule has 0 spiro atoms. The first-order chi connectivity index (χ1) is 18.8. The van der Waals surface area contributed by atoms with E-state index in [0.717, 1.165) is 37.0 Å². The van der Waals surface area contributed by atoms with Gasteiger partial charge in [0, 0.05) is 48.0 Å². The number of amides is 3. The number of hydrogen-bond acceptors (Lipinski definition) is 8. The average Bonchev–Trinajstić information content (AvgIpc) is 3.86. The van der Waals surface area contributed by atoms with Gasteiger partial charge in [-0.3, -0.25) is 14.4 Å². The van der Waals surface area contributed by atoms with E-state index in [0.29, 0.717) is 47.8 Å². The Morgan fingerprint density at radius 2 is 1.74 bits per heavy atom. The number of aromatic nitrogens is 1. The monoisotopic (exact) mass is 570 g/mol. The summed E-state index contributed by atoms with van der Waals surface area (Å²) in [6.45, 7) is 0.996. The molecular formula is C27H30N4O6S2. The Labute approximate surface area is 233 Å². The third kappa shape index (κ3) is 4.82. The largest absolute Gasteiger partial charge is 0.480 e. The van der Waals surface area contributed by atoms with Crippen molar-refractivity contribution in [3.63, 3.8) is 0 Å². The van der Waals surface area contributed by atoms with Crippen molar-refractivity contribution in [2.24, 2.45) is 17.6 Å². The van der Waals surface area contributed by atoms with E-state index in [2.05, 4.69) is 10.3 Å². The Morgan fingerprint density at radius 1 is 1.05 bits per heavy atom. The van der Waals surface area contributed by atoms with Crippen LogP contribution in [0.25, 0.3) is 11.3 Å². The summed E-state index contributed by atoms with van der Waals surface area (Å²) in [5.74, 6) is -2.10. The standard InChI is InChI=1S/C27H30N4O6S2/c28-22(32)24-30-20(14-1-3-15(4-2-14)23(33)29-18-7-8-18)21(39-24)27(17-9-11-37-12-10-17)31(25(34)16-5-6-16)19(13-38-27)26(35)36/h1-4,16-19H,5-13H2,(H2,28,32)(H,29,33)(H,35,36). The number of carboxylic acid groups (broad SMARTS) is 1. The normalized spacial score (nSPS) is 25.4. The lowest BCUT2D eigenvalue weighted by atomic mass is 9.86. The first kappa shape index (κ1) is 26.3. The minimum atomic E-state index is -1.04. The SMILES string of the molecule is NC(=O)c1nc(-c2ccc(C(=O)NC3CC3)cc2)c(C2(C3CCOCC3)SCC(C(=O)O)N2C(=O)C2CC2)s1. The third-order valence-corrected chi connectivity index (χ3v) is 10.8. The zero-order valence-electron chi connectivity index (χ0n) is 21.3. The van der Waals surface area contributed by atoms with Crippen LogP contribution < -0.4 is 11.1 Å². The number of thioether (sulfide) groups is 1. The van der Waals surface area contributed by atoms with E-state index in [-0.39, 0.29) is 40.5 Å². The van der Waals surface area contributed by atoms with E-state index in [1.54, 1.807) is 29.2 Å². The highest BCUT2D eigenvalue weighted by atomic mass is 32.2. The molecule has 0 bridgehead atoms. The van der Waals surface area contributed by atoms with Crippen LogP contribution in [0.1, 0.15) is 63.6 Å². The molecule has 2 aliphatic heterocycles. The average molecular weight is 571 g/mol. The number of carboxylic acids is 1. The van der Waals surface area contributed by atoms with E-state index in [4.69, 9.17) is 10.5 Å². The lowest BCUT2D eigenvalue weighted by Gasteiger charge is -2.46. The molecule has 2 unspecified atom stereocenters. The van der Waals surface area contributed by atoms with Gasteiger partial charge in [0.15, 0.2) is 5.01 Å². The van der Waals surface area contributed by atoms with Gasteiger partial charge in [0.2, 0.25) is 5.91 Å². The minimum Gasteiger partial charge on any atom is -0.480 e. The van der Waals surface area contributed by atoms with Crippen molar-refractivity contribution in [3.8, 4) is 11.3 Å². The molecule has 12 heteroatoms. The van der Waals surface area contributed by atoms with Gasteiger partial charge >= 0.3 is 5.97 Å². The molecule has 6 rings (SSSR count). The van der Waals surface area contributed by atoms with E-state index >= 15 is 0 Å². The van der Waals surface area contributed by atoms with E-state index in [1.807, 2.05) is 0 Å². The molecule has 39 heavy (non-hydrogen) atoms. The van der Waals surface area contributed by atoms with E-state index < -0.39 is 22.8 Å². The van der Waals surface area contributed by atoms with Gasteiger partial charge in [-0.2, -0.15) is 0 Å². The number of aliphatic carboxylic acids is 1. The topological polar surface area (TPSA) is 152 Å². The summed E-state index contributed by atoms with van der Waals surface area (Å²) < 4.78 is 5.64. The summed E-state index contributed by atoms with van der Waals surface area (Å²) in [5.41, 5.74) is 7.37. The van der Waals surface area contributed by atoms with Crippen LogP contribution in [-0.2, 0) is 19.2 Å². The molecule has 3 heterocycles. The predicted molar refractivity (Wildman–Crippen MR) is 145 cm³/mol. The maximum absolute atomic E-state index is 13.8. The van der Waals surface area contributed by atoms with Crippen molar-refractivity contribution >= 4 is 46.8 Å². The fourth-order valence-electron chi connectivity index (χ4n) is 5.51. The Balaban J connectivity index is 1.48. The molecule has 2 aliphatic carbocycles. The van der Waals surface area contributed by atoms with Crippen LogP contribution in [0.15, 0.2) is 24.3 Å². The number of nitrogens with zero attached hydrogens (tertiary/aromatic N) is 2. The number of nitrogens with two attached hydrogens (primary N) is 1. The summed E-state index contributed by atoms with van der Waals surface area (Å²) in [7, 11) is 0. The number of primary amides is 1. The molecule has 2 atom stereocenters. The van der Waals surface area contributed by atoms with E-state index in [1.165, 1.54) is 11.8 Å². The highest BCUT2D eigenvalue weighted by molar-refractivity contribution is 8.00. The van der Waals surface area contributed by atoms with Crippen molar-refractivity contribution in [1.29, 1.82) is 0 Å². The fraction of sp³-hybridized carbons (Fsp3) is 0.519. The minimum absolute atomic E-state index is 0.0974. The molecule has 206 valence electrons. The molecule has 1 aromatic heterocycles. The molecule has 2 saturated carbocycles. The van der Waals surface area contributed by atoms with Gasteiger partial charge in [0.1, 0.15) is 10.9 Å². The lowest BCUT2D eigenvalue weighted by Crippen LogP contribution is -2.55. The molecule has 0 radical (unpaired) electrons. The van der Waals surface area contributed by atoms with Crippen molar-refractivity contribution < 1.29 is 29.0 Å². The highest BCUT2D eigenvalue weighted by Gasteiger charge is 2.60. The number of rotatable bonds is 8. The molecule has 4 aliphatic rings. The zero-order chi connectivity index (χ0) is 27.3. The summed E-state index contributed by atoms with van der Waals surface area (Å²) in [6, 6.07) is 6.24. The van der Waals surface area contributed by atoms with Crippen LogP contribution in [-0.4, -0.2) is 69.7 Å². The van der Waals surface area contributed by atoms with Crippen LogP contribution >= 0.6 is 23.1 Å². The van der Waals surface area contributed by atoms with Gasteiger partial charge in [-0.25, -0.2) is 9.78 Å². The Morgan fingerprint density at radius 3 is 2.33 bits per heavy atom. The molecule has 1 aromatic carbocycles. The second kappa shape index (κ2) is 10.2. The number of carbonyl (C=O) groups excluding carboxylic acids is 3. The summed E-state index contributed by atoms with van der Waals surface area (Å²) in [5, 5.41) is 13.3. The summed E-state index contributed by atoms with van der Waals surface area (Å²) in [4.78, 5) is 57.0. The number of carbonyl (C=O) groups is 4. The maximum atomic E-state index is 13.8. The number of thiazole rings is 1. The van der Waals surface area contributed by atoms with Crippen LogP contribution in [0, 0.1) is 11.8 Å². The smallest absolute Gasteiger partial charge is 0.327 e. The molecule has 2 aromatic rings.